The molecule has 0 amide bonds. The van der Waals surface area contributed by atoms with Crippen molar-refractivity contribution in [2.45, 2.75) is 53.9 Å². The van der Waals surface area contributed by atoms with Crippen LogP contribution >= 0.6 is 0 Å². The van der Waals surface area contributed by atoms with Crippen molar-refractivity contribution in [1.29, 1.82) is 0 Å². The van der Waals surface area contributed by atoms with Gasteiger partial charge in [0, 0.05) is 12.3 Å². The highest BCUT2D eigenvalue weighted by Gasteiger charge is 1.95. The van der Waals surface area contributed by atoms with Gasteiger partial charge in [-0.3, -0.25) is 4.99 Å². The molecular formula is C16H27N. The van der Waals surface area contributed by atoms with Crippen LogP contribution < -0.4 is 0 Å². The van der Waals surface area contributed by atoms with Gasteiger partial charge in [0.05, 0.1) is 0 Å². The van der Waals surface area contributed by atoms with E-state index in [2.05, 4.69) is 58.3 Å². The highest BCUT2D eigenvalue weighted by atomic mass is 14.7. The molecule has 0 aromatic heterocycles. The zero-order valence-electron chi connectivity index (χ0n) is 12.1. The van der Waals surface area contributed by atoms with E-state index in [0.29, 0.717) is 0 Å². The molecule has 0 bridgehead atoms. The maximum absolute atomic E-state index is 4.57. The van der Waals surface area contributed by atoms with E-state index in [1.807, 2.05) is 0 Å². The first-order valence-electron chi connectivity index (χ1n) is 6.46. The summed E-state index contributed by atoms with van der Waals surface area (Å²) in [5, 5.41) is 0. The van der Waals surface area contributed by atoms with Gasteiger partial charge in [-0.1, -0.05) is 36.8 Å². The maximum atomic E-state index is 4.57. The number of allylic oxidation sites excluding steroid dienone is 4. The largest absolute Gasteiger partial charge is 0.289 e. The van der Waals surface area contributed by atoms with Gasteiger partial charge in [-0.2, -0.15) is 0 Å². The smallest absolute Gasteiger partial charge is 0.0427 e. The normalized spacial score (nSPS) is 11.9. The molecule has 17 heavy (non-hydrogen) atoms. The summed E-state index contributed by atoms with van der Waals surface area (Å²) in [5.74, 6) is 0. The van der Waals surface area contributed by atoms with Crippen LogP contribution in [0, 0.1) is 0 Å². The first-order valence-corrected chi connectivity index (χ1v) is 6.46. The Balaban J connectivity index is 3.96. The van der Waals surface area contributed by atoms with E-state index >= 15 is 0 Å². The van der Waals surface area contributed by atoms with Gasteiger partial charge in [0.1, 0.15) is 0 Å². The summed E-state index contributed by atoms with van der Waals surface area (Å²) in [4.78, 5) is 4.57. The molecule has 0 heterocycles. The van der Waals surface area contributed by atoms with E-state index in [1.54, 1.807) is 0 Å². The molecule has 0 aliphatic rings. The predicted octanol–water partition coefficient (Wildman–Crippen LogP) is 5.11. The van der Waals surface area contributed by atoms with E-state index in [1.165, 1.54) is 16.7 Å². The molecule has 0 aliphatic heterocycles. The summed E-state index contributed by atoms with van der Waals surface area (Å²) in [7, 11) is 0. The van der Waals surface area contributed by atoms with Crippen LogP contribution in [0.5, 0.6) is 0 Å². The molecule has 0 aliphatic carbocycles. The summed E-state index contributed by atoms with van der Waals surface area (Å²) < 4.78 is 0. The Morgan fingerprint density at radius 3 is 2.29 bits per heavy atom. The molecule has 1 heteroatoms. The molecule has 0 atom stereocenters. The Labute approximate surface area is 107 Å². The third-order valence-corrected chi connectivity index (χ3v) is 3.01. The summed E-state index contributed by atoms with van der Waals surface area (Å²) in [5.41, 5.74) is 5.12. The molecule has 0 radical (unpaired) electrons. The molecule has 0 aromatic rings. The molecular weight excluding hydrogens is 206 g/mol. The van der Waals surface area contributed by atoms with Crippen molar-refractivity contribution in [2.24, 2.45) is 4.99 Å². The van der Waals surface area contributed by atoms with Crippen LogP contribution in [0.4, 0.5) is 0 Å². The summed E-state index contributed by atoms with van der Waals surface area (Å²) in [6.45, 7) is 15.5. The van der Waals surface area contributed by atoms with Gasteiger partial charge in [-0.15, -0.1) is 0 Å². The van der Waals surface area contributed by atoms with Crippen LogP contribution in [0.3, 0.4) is 0 Å². The van der Waals surface area contributed by atoms with Crippen LogP contribution in [-0.2, 0) is 0 Å². The minimum absolute atomic E-state index is 0.881. The Hall–Kier alpha value is -1.11. The zero-order chi connectivity index (χ0) is 13.3. The lowest BCUT2D eigenvalue weighted by molar-refractivity contribution is 0.985. The summed E-state index contributed by atoms with van der Waals surface area (Å²) >= 11 is 0. The second-order valence-electron chi connectivity index (χ2n) is 4.66. The van der Waals surface area contributed by atoms with E-state index < -0.39 is 0 Å². The second-order valence-corrected chi connectivity index (χ2v) is 4.66. The average molecular weight is 233 g/mol. The fraction of sp³-hybridized carbons (Fsp3) is 0.562. The summed E-state index contributed by atoms with van der Waals surface area (Å²) in [6, 6.07) is 0. The topological polar surface area (TPSA) is 12.4 Å². The quantitative estimate of drug-likeness (QED) is 0.329. The fourth-order valence-electron chi connectivity index (χ4n) is 1.30. The molecule has 0 fully saturated rings. The van der Waals surface area contributed by atoms with Crippen LogP contribution in [0.25, 0.3) is 0 Å². The van der Waals surface area contributed by atoms with Gasteiger partial charge < -0.3 is 0 Å². The van der Waals surface area contributed by atoms with Gasteiger partial charge in [0.2, 0.25) is 0 Å². The molecule has 0 N–H and O–H groups in total. The van der Waals surface area contributed by atoms with Gasteiger partial charge in [0.15, 0.2) is 0 Å². The molecule has 0 unspecified atom stereocenters. The van der Waals surface area contributed by atoms with Crippen LogP contribution in [0.1, 0.15) is 53.9 Å². The molecule has 1 nitrogen and oxygen atoms in total. The molecule has 0 saturated carbocycles. The summed E-state index contributed by atoms with van der Waals surface area (Å²) in [6.07, 6.45) is 7.50. The Bertz CT molecular complexity index is 325. The van der Waals surface area contributed by atoms with E-state index in [9.17, 15) is 0 Å². The molecule has 0 aromatic carbocycles. The monoisotopic (exact) mass is 233 g/mol. The lowest BCUT2D eigenvalue weighted by atomic mass is 10.1. The number of hydrogen-bond donors (Lipinski definition) is 0. The first-order chi connectivity index (χ1) is 7.99. The minimum Gasteiger partial charge on any atom is -0.289 e. The van der Waals surface area contributed by atoms with E-state index in [-0.39, 0.29) is 0 Å². The Kier molecular flexibility index (Phi) is 8.39. The zero-order valence-corrected chi connectivity index (χ0v) is 12.1. The van der Waals surface area contributed by atoms with Crippen LogP contribution in [0.2, 0.25) is 0 Å². The first kappa shape index (κ1) is 15.9. The lowest BCUT2D eigenvalue weighted by Crippen LogP contribution is -1.97. The Morgan fingerprint density at radius 1 is 1.12 bits per heavy atom. The number of aliphatic imine (C=N–C) groups is 1. The van der Waals surface area contributed by atoms with Crippen molar-refractivity contribution in [1.82, 2.24) is 0 Å². The SMILES string of the molecule is C=C(CC)CC=CCC/N=C(/C)C(C)=C(C)C. The number of hydrogen-bond acceptors (Lipinski definition) is 1. The maximum Gasteiger partial charge on any atom is 0.0427 e. The number of nitrogens with zero attached hydrogens (tertiary/aromatic N) is 1. The van der Waals surface area contributed by atoms with Crippen molar-refractivity contribution >= 4 is 5.71 Å². The number of rotatable bonds is 7. The average Bonchev–Trinajstić information content (AvgIpc) is 2.31. The van der Waals surface area contributed by atoms with Crippen molar-refractivity contribution in [3.05, 3.63) is 35.5 Å². The van der Waals surface area contributed by atoms with Crippen molar-refractivity contribution in [3.63, 3.8) is 0 Å². The minimum atomic E-state index is 0.881. The van der Waals surface area contributed by atoms with Gasteiger partial charge in [-0.05, 0) is 52.5 Å². The van der Waals surface area contributed by atoms with Crippen molar-refractivity contribution < 1.29 is 0 Å². The molecule has 96 valence electrons. The van der Waals surface area contributed by atoms with Crippen molar-refractivity contribution in [2.75, 3.05) is 6.54 Å². The van der Waals surface area contributed by atoms with Gasteiger partial charge in [0.25, 0.3) is 0 Å². The molecule has 0 saturated heterocycles. The van der Waals surface area contributed by atoms with Gasteiger partial charge in [-0.25, -0.2) is 0 Å². The third-order valence-electron chi connectivity index (χ3n) is 3.01. The highest BCUT2D eigenvalue weighted by molar-refractivity contribution is 5.98. The Morgan fingerprint density at radius 2 is 1.76 bits per heavy atom. The lowest BCUT2D eigenvalue weighted by Gasteiger charge is -2.02. The third kappa shape index (κ3) is 7.73. The molecule has 0 rings (SSSR count). The highest BCUT2D eigenvalue weighted by Crippen LogP contribution is 2.06. The van der Waals surface area contributed by atoms with E-state index in [4.69, 9.17) is 0 Å². The molecule has 0 spiro atoms. The van der Waals surface area contributed by atoms with Crippen LogP contribution in [0.15, 0.2) is 40.4 Å². The van der Waals surface area contributed by atoms with Crippen molar-refractivity contribution in [3.8, 4) is 0 Å². The fourth-order valence-corrected chi connectivity index (χ4v) is 1.30. The standard InChI is InChI=1S/C16H27N/c1-7-14(4)11-9-8-10-12-17-16(6)15(5)13(2)3/h8-9H,4,7,10-12H2,1-3,5-6H3/b9-8?,17-16-. The van der Waals surface area contributed by atoms with Gasteiger partial charge >= 0.3 is 0 Å². The van der Waals surface area contributed by atoms with Crippen LogP contribution in [-0.4, -0.2) is 12.3 Å². The predicted molar refractivity (Wildman–Crippen MR) is 79.8 cm³/mol. The second kappa shape index (κ2) is 8.98. The van der Waals surface area contributed by atoms with E-state index in [0.717, 1.165) is 31.5 Å².